The van der Waals surface area contributed by atoms with Gasteiger partial charge in [0.05, 0.1) is 11.7 Å². The van der Waals surface area contributed by atoms with Crippen molar-refractivity contribution in [1.29, 1.82) is 0 Å². The first-order valence-corrected chi connectivity index (χ1v) is 6.92. The maximum absolute atomic E-state index is 9.33. The lowest BCUT2D eigenvalue weighted by Gasteiger charge is -2.27. The molecule has 0 aliphatic carbocycles. The van der Waals surface area contributed by atoms with Crippen molar-refractivity contribution in [1.82, 2.24) is 10.6 Å². The Morgan fingerprint density at radius 3 is 1.88 bits per heavy atom. The molecule has 17 heavy (non-hydrogen) atoms. The zero-order valence-electron chi connectivity index (χ0n) is 11.6. The van der Waals surface area contributed by atoms with Crippen LogP contribution >= 0.6 is 0 Å². The Morgan fingerprint density at radius 2 is 1.65 bits per heavy atom. The predicted octanol–water partition coefficient (Wildman–Crippen LogP) is 0.878. The second-order valence-corrected chi connectivity index (χ2v) is 4.75. The van der Waals surface area contributed by atoms with Crippen LogP contribution in [0.1, 0.15) is 46.5 Å². The Kier molecular flexibility index (Phi) is 9.74. The molecule has 0 spiro atoms. The molecular weight excluding hydrogens is 216 g/mol. The Morgan fingerprint density at radius 1 is 1.06 bits per heavy atom. The van der Waals surface area contributed by atoms with Gasteiger partial charge in [0, 0.05) is 6.54 Å². The highest BCUT2D eigenvalue weighted by Gasteiger charge is 2.21. The largest absolute Gasteiger partial charge is 0.392 e. The zero-order valence-corrected chi connectivity index (χ0v) is 11.6. The molecule has 2 aliphatic heterocycles. The highest BCUT2D eigenvalue weighted by Crippen LogP contribution is 2.15. The van der Waals surface area contributed by atoms with Crippen molar-refractivity contribution in [2.24, 2.45) is 0 Å². The summed E-state index contributed by atoms with van der Waals surface area (Å²) in [6, 6.07) is 0. The molecule has 1 atom stereocenters. The van der Waals surface area contributed by atoms with Gasteiger partial charge in [-0.15, -0.1) is 0 Å². The lowest BCUT2D eigenvalue weighted by atomic mass is 9.95. The minimum atomic E-state index is -0.384. The molecule has 0 aromatic carbocycles. The number of hydrogen-bond acceptors (Lipinski definition) is 4. The highest BCUT2D eigenvalue weighted by molar-refractivity contribution is 4.78. The third kappa shape index (κ3) is 9.53. The van der Waals surface area contributed by atoms with Gasteiger partial charge in [-0.2, -0.15) is 0 Å². The van der Waals surface area contributed by atoms with E-state index < -0.39 is 0 Å². The Labute approximate surface area is 106 Å². The number of hydrogen-bond donors (Lipinski definition) is 4. The Hall–Kier alpha value is -0.160. The molecule has 2 aliphatic rings. The van der Waals surface area contributed by atoms with E-state index >= 15 is 0 Å². The molecule has 0 amide bonds. The van der Waals surface area contributed by atoms with Gasteiger partial charge in [0.25, 0.3) is 0 Å². The average molecular weight is 246 g/mol. The van der Waals surface area contributed by atoms with E-state index in [-0.39, 0.29) is 11.7 Å². The number of β-amino-alcohol motifs (C(OH)–C–C–N with tert-alkyl or cyclic N) is 1. The van der Waals surface area contributed by atoms with Crippen molar-refractivity contribution in [2.45, 2.75) is 58.2 Å². The fourth-order valence-electron chi connectivity index (χ4n) is 1.80. The molecule has 0 bridgehead atoms. The minimum Gasteiger partial charge on any atom is -0.392 e. The number of aliphatic hydroxyl groups excluding tert-OH is 1. The Balaban J connectivity index is 0.000000265. The van der Waals surface area contributed by atoms with Crippen LogP contribution in [0.15, 0.2) is 0 Å². The normalized spacial score (nSPS) is 27.0. The van der Waals surface area contributed by atoms with Crippen LogP contribution in [-0.4, -0.2) is 48.1 Å². The van der Waals surface area contributed by atoms with Gasteiger partial charge in [-0.1, -0.05) is 13.8 Å². The topological polar surface area (TPSA) is 64.5 Å². The van der Waals surface area contributed by atoms with Crippen LogP contribution < -0.4 is 10.6 Å². The maximum Gasteiger partial charge on any atom is 0.0665 e. The third-order valence-electron chi connectivity index (χ3n) is 2.95. The standard InChI is InChI=1S/C6H13NO.C5H11NO.C2H6/c1-6(8)2-4-7-5-3-6;7-5-2-1-3-6-4-5;1-2/h7-8H,2-5H2,1H3;5-7H,1-4H2;1-2H3. The summed E-state index contributed by atoms with van der Waals surface area (Å²) >= 11 is 0. The SMILES string of the molecule is CC.CC1(O)CCNCC1.OC1CCCNC1. The molecule has 1 unspecified atom stereocenters. The summed E-state index contributed by atoms with van der Waals surface area (Å²) in [5, 5.41) is 24.4. The number of rotatable bonds is 0. The van der Waals surface area contributed by atoms with Gasteiger partial charge in [0.2, 0.25) is 0 Å². The van der Waals surface area contributed by atoms with E-state index in [1.54, 1.807) is 0 Å². The summed E-state index contributed by atoms with van der Waals surface area (Å²) in [4.78, 5) is 0. The smallest absolute Gasteiger partial charge is 0.0665 e. The van der Waals surface area contributed by atoms with Gasteiger partial charge in [0.1, 0.15) is 0 Å². The molecule has 4 heteroatoms. The van der Waals surface area contributed by atoms with Crippen molar-refractivity contribution in [2.75, 3.05) is 26.2 Å². The third-order valence-corrected chi connectivity index (χ3v) is 2.95. The van der Waals surface area contributed by atoms with Gasteiger partial charge in [-0.3, -0.25) is 0 Å². The quantitative estimate of drug-likeness (QED) is 0.512. The number of piperidine rings is 2. The first-order chi connectivity index (χ1) is 8.10. The van der Waals surface area contributed by atoms with Crippen molar-refractivity contribution in [3.8, 4) is 0 Å². The minimum absolute atomic E-state index is 0.0752. The van der Waals surface area contributed by atoms with Crippen LogP contribution in [0, 0.1) is 0 Å². The number of aliphatic hydroxyl groups is 2. The molecule has 2 saturated heterocycles. The van der Waals surface area contributed by atoms with Gasteiger partial charge in [0.15, 0.2) is 0 Å². The fourth-order valence-corrected chi connectivity index (χ4v) is 1.80. The molecular formula is C13H30N2O2. The van der Waals surface area contributed by atoms with Gasteiger partial charge < -0.3 is 20.8 Å². The first kappa shape index (κ1) is 16.8. The summed E-state index contributed by atoms with van der Waals surface area (Å²) in [5.74, 6) is 0. The lowest BCUT2D eigenvalue weighted by Crippen LogP contribution is -2.39. The van der Waals surface area contributed by atoms with E-state index in [4.69, 9.17) is 5.11 Å². The van der Waals surface area contributed by atoms with E-state index in [2.05, 4.69) is 10.6 Å². The van der Waals surface area contributed by atoms with Crippen molar-refractivity contribution >= 4 is 0 Å². The lowest BCUT2D eigenvalue weighted by molar-refractivity contribution is 0.0291. The summed E-state index contributed by atoms with van der Waals surface area (Å²) in [6.07, 6.45) is 3.82. The molecule has 104 valence electrons. The molecule has 0 aromatic rings. The number of nitrogens with one attached hydrogen (secondary N) is 2. The molecule has 0 radical (unpaired) electrons. The molecule has 2 fully saturated rings. The average Bonchev–Trinajstić information content (AvgIpc) is 2.33. The van der Waals surface area contributed by atoms with Gasteiger partial charge >= 0.3 is 0 Å². The van der Waals surface area contributed by atoms with Crippen LogP contribution in [-0.2, 0) is 0 Å². The Bertz CT molecular complexity index is 161. The van der Waals surface area contributed by atoms with Crippen LogP contribution in [0.3, 0.4) is 0 Å². The first-order valence-electron chi connectivity index (χ1n) is 6.92. The second kappa shape index (κ2) is 9.83. The molecule has 4 nitrogen and oxygen atoms in total. The molecule has 0 aromatic heterocycles. The summed E-state index contributed by atoms with van der Waals surface area (Å²) in [7, 11) is 0. The molecule has 2 rings (SSSR count). The van der Waals surface area contributed by atoms with E-state index in [9.17, 15) is 5.11 Å². The molecule has 0 saturated carbocycles. The summed E-state index contributed by atoms with van der Waals surface area (Å²) < 4.78 is 0. The zero-order chi connectivity index (χ0) is 13.1. The van der Waals surface area contributed by atoms with Crippen LogP contribution in [0.2, 0.25) is 0 Å². The van der Waals surface area contributed by atoms with E-state index in [0.29, 0.717) is 0 Å². The summed E-state index contributed by atoms with van der Waals surface area (Å²) in [6.45, 7) is 9.70. The predicted molar refractivity (Wildman–Crippen MR) is 72.2 cm³/mol. The molecule has 4 N–H and O–H groups in total. The van der Waals surface area contributed by atoms with Crippen molar-refractivity contribution in [3.63, 3.8) is 0 Å². The van der Waals surface area contributed by atoms with Crippen molar-refractivity contribution < 1.29 is 10.2 Å². The highest BCUT2D eigenvalue weighted by atomic mass is 16.3. The maximum atomic E-state index is 9.33. The van der Waals surface area contributed by atoms with Gasteiger partial charge in [-0.25, -0.2) is 0 Å². The fraction of sp³-hybridized carbons (Fsp3) is 1.00. The van der Waals surface area contributed by atoms with Crippen molar-refractivity contribution in [3.05, 3.63) is 0 Å². The monoisotopic (exact) mass is 246 g/mol. The van der Waals surface area contributed by atoms with E-state index in [1.807, 2.05) is 20.8 Å². The van der Waals surface area contributed by atoms with E-state index in [1.165, 1.54) is 0 Å². The van der Waals surface area contributed by atoms with Crippen LogP contribution in [0.25, 0.3) is 0 Å². The molecule has 2 heterocycles. The van der Waals surface area contributed by atoms with E-state index in [0.717, 1.165) is 51.9 Å². The van der Waals surface area contributed by atoms with Crippen LogP contribution in [0.5, 0.6) is 0 Å². The van der Waals surface area contributed by atoms with Gasteiger partial charge in [-0.05, 0) is 52.2 Å². The summed E-state index contributed by atoms with van der Waals surface area (Å²) in [5.41, 5.74) is -0.384. The second-order valence-electron chi connectivity index (χ2n) is 4.75. The van der Waals surface area contributed by atoms with Crippen LogP contribution in [0.4, 0.5) is 0 Å².